The first-order valence-corrected chi connectivity index (χ1v) is 8.93. The molecule has 0 aliphatic heterocycles. The second kappa shape index (κ2) is 7.09. The van der Waals surface area contributed by atoms with Gasteiger partial charge in [-0.3, -0.25) is 0 Å². The minimum atomic E-state index is 0.391. The molecule has 0 aliphatic carbocycles. The van der Waals surface area contributed by atoms with Crippen LogP contribution in [0.15, 0.2) is 53.7 Å². The lowest BCUT2D eigenvalue weighted by Gasteiger charge is -2.13. The van der Waals surface area contributed by atoms with Gasteiger partial charge in [-0.05, 0) is 44.5 Å². The summed E-state index contributed by atoms with van der Waals surface area (Å²) in [5.74, 6) is 1.84. The molecule has 0 bridgehead atoms. The van der Waals surface area contributed by atoms with Crippen LogP contribution in [-0.4, -0.2) is 21.9 Å². The van der Waals surface area contributed by atoms with Crippen molar-refractivity contribution in [2.75, 3.05) is 12.4 Å². The molecule has 0 radical (unpaired) electrons. The number of benzene rings is 2. The van der Waals surface area contributed by atoms with E-state index in [4.69, 9.17) is 9.72 Å². The van der Waals surface area contributed by atoms with Crippen LogP contribution in [0, 0.1) is 6.92 Å². The summed E-state index contributed by atoms with van der Waals surface area (Å²) in [4.78, 5) is 4.77. The molecule has 2 aromatic carbocycles. The quantitative estimate of drug-likeness (QED) is 0.466. The summed E-state index contributed by atoms with van der Waals surface area (Å²) >= 11 is 1.75. The van der Waals surface area contributed by atoms with Crippen molar-refractivity contribution in [3.63, 3.8) is 0 Å². The van der Waals surface area contributed by atoms with Gasteiger partial charge in [-0.25, -0.2) is 4.98 Å². The molecular formula is C19H22N2OS. The number of para-hydroxylation sites is 3. The molecule has 0 saturated heterocycles. The van der Waals surface area contributed by atoms with Crippen LogP contribution in [0.2, 0.25) is 0 Å². The predicted molar refractivity (Wildman–Crippen MR) is 97.5 cm³/mol. The highest BCUT2D eigenvalue weighted by Crippen LogP contribution is 2.27. The third-order valence-corrected chi connectivity index (χ3v) is 4.66. The van der Waals surface area contributed by atoms with E-state index in [0.29, 0.717) is 12.6 Å². The number of hydrogen-bond acceptors (Lipinski definition) is 3. The largest absolute Gasteiger partial charge is 0.492 e. The molecule has 0 fully saturated rings. The normalized spacial score (nSPS) is 11.3. The average molecular weight is 326 g/mol. The van der Waals surface area contributed by atoms with E-state index in [1.807, 2.05) is 24.3 Å². The summed E-state index contributed by atoms with van der Waals surface area (Å²) in [6.07, 6.45) is 0. The maximum absolute atomic E-state index is 5.88. The summed E-state index contributed by atoms with van der Waals surface area (Å²) in [5, 5.41) is 1.06. The molecule has 3 nitrogen and oxygen atoms in total. The lowest BCUT2D eigenvalue weighted by Crippen LogP contribution is -2.05. The van der Waals surface area contributed by atoms with Crippen molar-refractivity contribution in [1.29, 1.82) is 0 Å². The van der Waals surface area contributed by atoms with E-state index in [9.17, 15) is 0 Å². The number of rotatable bonds is 6. The summed E-state index contributed by atoms with van der Waals surface area (Å²) < 4.78 is 8.17. The fourth-order valence-corrected chi connectivity index (χ4v) is 3.59. The number of thioether (sulfide) groups is 1. The summed E-state index contributed by atoms with van der Waals surface area (Å²) in [5.41, 5.74) is 3.43. The smallest absolute Gasteiger partial charge is 0.169 e. The number of nitrogens with zero attached hydrogens (tertiary/aromatic N) is 2. The van der Waals surface area contributed by atoms with Crippen LogP contribution in [0.1, 0.15) is 25.5 Å². The van der Waals surface area contributed by atoms with E-state index in [1.165, 1.54) is 11.1 Å². The zero-order valence-electron chi connectivity index (χ0n) is 13.8. The predicted octanol–water partition coefficient (Wildman–Crippen LogP) is 5.10. The van der Waals surface area contributed by atoms with Gasteiger partial charge in [0.25, 0.3) is 0 Å². The molecule has 0 N–H and O–H groups in total. The molecule has 0 aliphatic rings. The standard InChI is InChI=1S/C19H22N2OS/c1-14(2)21-17-10-6-5-9-16(17)20-19(21)23-13-12-22-18-11-7-4-8-15(18)3/h4-11,14H,12-13H2,1-3H3. The molecule has 4 heteroatoms. The Balaban J connectivity index is 1.68. The van der Waals surface area contributed by atoms with Crippen molar-refractivity contribution < 1.29 is 4.74 Å². The van der Waals surface area contributed by atoms with Gasteiger partial charge >= 0.3 is 0 Å². The van der Waals surface area contributed by atoms with Gasteiger partial charge in [0.05, 0.1) is 17.6 Å². The van der Waals surface area contributed by atoms with Crippen molar-refractivity contribution in [1.82, 2.24) is 9.55 Å². The monoisotopic (exact) mass is 326 g/mol. The Morgan fingerprint density at radius 1 is 1.09 bits per heavy atom. The van der Waals surface area contributed by atoms with Crippen LogP contribution in [0.25, 0.3) is 11.0 Å². The van der Waals surface area contributed by atoms with Crippen molar-refractivity contribution in [2.45, 2.75) is 32.0 Å². The Kier molecular flexibility index (Phi) is 4.91. The third-order valence-electron chi connectivity index (χ3n) is 3.75. The van der Waals surface area contributed by atoms with Crippen LogP contribution in [0.3, 0.4) is 0 Å². The molecule has 3 aromatic rings. The lowest BCUT2D eigenvalue weighted by atomic mass is 10.2. The van der Waals surface area contributed by atoms with Gasteiger partial charge in [0.2, 0.25) is 0 Å². The first-order chi connectivity index (χ1) is 11.2. The van der Waals surface area contributed by atoms with Gasteiger partial charge in [0.1, 0.15) is 5.75 Å². The molecule has 23 heavy (non-hydrogen) atoms. The Bertz CT molecular complexity index is 795. The first kappa shape index (κ1) is 15.9. The number of aryl methyl sites for hydroxylation is 1. The Morgan fingerprint density at radius 3 is 2.61 bits per heavy atom. The van der Waals surface area contributed by atoms with Crippen LogP contribution in [0.5, 0.6) is 5.75 Å². The lowest BCUT2D eigenvalue weighted by molar-refractivity contribution is 0.341. The van der Waals surface area contributed by atoms with Gasteiger partial charge in [0.15, 0.2) is 5.16 Å². The van der Waals surface area contributed by atoms with E-state index in [0.717, 1.165) is 22.2 Å². The van der Waals surface area contributed by atoms with Crippen molar-refractivity contribution in [3.8, 4) is 5.75 Å². The van der Waals surface area contributed by atoms with E-state index in [1.54, 1.807) is 11.8 Å². The topological polar surface area (TPSA) is 27.1 Å². The average Bonchev–Trinajstić information content (AvgIpc) is 2.91. The molecule has 120 valence electrons. The molecule has 3 rings (SSSR count). The van der Waals surface area contributed by atoms with Crippen molar-refractivity contribution in [3.05, 3.63) is 54.1 Å². The van der Waals surface area contributed by atoms with Gasteiger partial charge in [-0.1, -0.05) is 42.1 Å². The van der Waals surface area contributed by atoms with Gasteiger partial charge < -0.3 is 9.30 Å². The van der Waals surface area contributed by atoms with Crippen LogP contribution >= 0.6 is 11.8 Å². The Labute approximate surface area is 141 Å². The molecule has 0 unspecified atom stereocenters. The maximum Gasteiger partial charge on any atom is 0.169 e. The summed E-state index contributed by atoms with van der Waals surface area (Å²) in [7, 11) is 0. The highest BCUT2D eigenvalue weighted by atomic mass is 32.2. The molecule has 0 atom stereocenters. The number of ether oxygens (including phenoxy) is 1. The number of aromatic nitrogens is 2. The number of hydrogen-bond donors (Lipinski definition) is 0. The summed E-state index contributed by atoms with van der Waals surface area (Å²) in [6.45, 7) is 7.14. The minimum Gasteiger partial charge on any atom is -0.492 e. The molecular weight excluding hydrogens is 304 g/mol. The summed E-state index contributed by atoms with van der Waals surface area (Å²) in [6, 6.07) is 16.8. The van der Waals surface area contributed by atoms with E-state index < -0.39 is 0 Å². The fourth-order valence-electron chi connectivity index (χ4n) is 2.63. The highest BCUT2D eigenvalue weighted by molar-refractivity contribution is 7.99. The Morgan fingerprint density at radius 2 is 1.83 bits per heavy atom. The van der Waals surface area contributed by atoms with Gasteiger partial charge in [0, 0.05) is 11.8 Å². The van der Waals surface area contributed by atoms with Crippen molar-refractivity contribution in [2.24, 2.45) is 0 Å². The second-order valence-electron chi connectivity index (χ2n) is 5.81. The van der Waals surface area contributed by atoms with E-state index >= 15 is 0 Å². The minimum absolute atomic E-state index is 0.391. The highest BCUT2D eigenvalue weighted by Gasteiger charge is 2.13. The fraction of sp³-hybridized carbons (Fsp3) is 0.316. The zero-order valence-corrected chi connectivity index (χ0v) is 14.6. The number of imidazole rings is 1. The molecule has 0 saturated carbocycles. The van der Waals surface area contributed by atoms with E-state index in [-0.39, 0.29) is 0 Å². The van der Waals surface area contributed by atoms with Crippen molar-refractivity contribution >= 4 is 22.8 Å². The SMILES string of the molecule is Cc1ccccc1OCCSc1nc2ccccc2n1C(C)C. The Hall–Kier alpha value is -1.94. The van der Waals surface area contributed by atoms with Gasteiger partial charge in [-0.15, -0.1) is 0 Å². The third kappa shape index (κ3) is 3.53. The van der Waals surface area contributed by atoms with E-state index in [2.05, 4.69) is 49.6 Å². The molecule has 0 amide bonds. The van der Waals surface area contributed by atoms with Gasteiger partial charge in [-0.2, -0.15) is 0 Å². The second-order valence-corrected chi connectivity index (χ2v) is 6.87. The molecule has 1 heterocycles. The number of fused-ring (bicyclic) bond motifs is 1. The van der Waals surface area contributed by atoms with Crippen LogP contribution < -0.4 is 4.74 Å². The molecule has 1 aromatic heterocycles. The van der Waals surface area contributed by atoms with Crippen LogP contribution in [0.4, 0.5) is 0 Å². The molecule has 0 spiro atoms. The maximum atomic E-state index is 5.88. The first-order valence-electron chi connectivity index (χ1n) is 7.95. The van der Waals surface area contributed by atoms with Crippen LogP contribution in [-0.2, 0) is 0 Å². The zero-order chi connectivity index (χ0) is 16.2.